The van der Waals surface area contributed by atoms with Gasteiger partial charge >= 0.3 is 0 Å². The van der Waals surface area contributed by atoms with E-state index in [2.05, 4.69) is 26.8 Å². The number of benzene rings is 1. The first-order valence-electron chi connectivity index (χ1n) is 7.31. The molecule has 108 valence electrons. The second-order valence-corrected chi connectivity index (χ2v) is 6.26. The highest BCUT2D eigenvalue weighted by molar-refractivity contribution is 5.78. The first kappa shape index (κ1) is 13.7. The van der Waals surface area contributed by atoms with E-state index < -0.39 is 5.60 Å². The third kappa shape index (κ3) is 2.25. The Kier molecular flexibility index (Phi) is 3.14. The van der Waals surface area contributed by atoms with E-state index in [1.807, 2.05) is 18.2 Å². The summed E-state index contributed by atoms with van der Waals surface area (Å²) < 4.78 is 11.7. The van der Waals surface area contributed by atoms with Crippen LogP contribution in [0.4, 0.5) is 0 Å². The molecule has 2 unspecified atom stereocenters. The predicted molar refractivity (Wildman–Crippen MR) is 78.7 cm³/mol. The van der Waals surface area contributed by atoms with Gasteiger partial charge in [-0.2, -0.15) is 0 Å². The summed E-state index contributed by atoms with van der Waals surface area (Å²) >= 11 is 0. The molecule has 3 rings (SSSR count). The first-order chi connectivity index (χ1) is 9.44. The van der Waals surface area contributed by atoms with E-state index in [1.165, 1.54) is 5.56 Å². The Morgan fingerprint density at radius 1 is 1.30 bits per heavy atom. The number of aryl methyl sites for hydroxylation is 1. The van der Waals surface area contributed by atoms with Gasteiger partial charge in [0.2, 0.25) is 0 Å². The van der Waals surface area contributed by atoms with Crippen LogP contribution in [0.2, 0.25) is 0 Å². The van der Waals surface area contributed by atoms with Gasteiger partial charge in [0, 0.05) is 18.2 Å². The minimum Gasteiger partial charge on any atom is -0.458 e. The molecule has 1 N–H and O–H groups in total. The topological polar surface area (TPSA) is 42.6 Å². The van der Waals surface area contributed by atoms with Crippen molar-refractivity contribution < 1.29 is 14.3 Å². The zero-order chi connectivity index (χ0) is 14.4. The maximum atomic E-state index is 11.0. The molecule has 0 aliphatic carbocycles. The van der Waals surface area contributed by atoms with Gasteiger partial charge < -0.3 is 14.3 Å². The van der Waals surface area contributed by atoms with Gasteiger partial charge in [-0.25, -0.2) is 0 Å². The minimum atomic E-state index is -0.921. The third-order valence-corrected chi connectivity index (χ3v) is 4.51. The van der Waals surface area contributed by atoms with E-state index >= 15 is 0 Å². The van der Waals surface area contributed by atoms with Gasteiger partial charge in [0.05, 0.1) is 12.2 Å². The molecular weight excluding hydrogens is 252 g/mol. The Labute approximate surface area is 119 Å². The van der Waals surface area contributed by atoms with Crippen molar-refractivity contribution in [3.05, 3.63) is 35.6 Å². The quantitative estimate of drug-likeness (QED) is 0.903. The summed E-state index contributed by atoms with van der Waals surface area (Å²) in [7, 11) is 0. The van der Waals surface area contributed by atoms with E-state index in [4.69, 9.17) is 9.15 Å². The van der Waals surface area contributed by atoms with Crippen LogP contribution in [0.25, 0.3) is 11.0 Å². The summed E-state index contributed by atoms with van der Waals surface area (Å²) in [6.45, 7) is 6.78. The molecule has 0 spiro atoms. The smallest absolute Gasteiger partial charge is 0.137 e. The zero-order valence-electron chi connectivity index (χ0n) is 12.4. The van der Waals surface area contributed by atoms with Crippen LogP contribution < -0.4 is 0 Å². The normalized spacial score (nSPS) is 30.8. The highest BCUT2D eigenvalue weighted by atomic mass is 16.5. The highest BCUT2D eigenvalue weighted by Crippen LogP contribution is 2.42. The molecule has 0 saturated carbocycles. The molecule has 0 bridgehead atoms. The molecule has 2 atom stereocenters. The maximum absolute atomic E-state index is 11.0. The van der Waals surface area contributed by atoms with Crippen LogP contribution in [0, 0.1) is 6.92 Å². The van der Waals surface area contributed by atoms with Gasteiger partial charge in [0.1, 0.15) is 16.9 Å². The van der Waals surface area contributed by atoms with Crippen LogP contribution in [-0.2, 0) is 10.3 Å². The van der Waals surface area contributed by atoms with Gasteiger partial charge in [-0.1, -0.05) is 18.6 Å². The summed E-state index contributed by atoms with van der Waals surface area (Å²) in [6, 6.07) is 8.06. The molecule has 1 aromatic carbocycles. The number of furan rings is 1. The van der Waals surface area contributed by atoms with Crippen molar-refractivity contribution in [3.8, 4) is 0 Å². The van der Waals surface area contributed by atoms with E-state index in [0.29, 0.717) is 25.2 Å². The van der Waals surface area contributed by atoms with Gasteiger partial charge in [-0.3, -0.25) is 0 Å². The van der Waals surface area contributed by atoms with Crippen molar-refractivity contribution in [1.29, 1.82) is 0 Å². The number of ether oxygens (including phenoxy) is 1. The van der Waals surface area contributed by atoms with Gasteiger partial charge in [-0.05, 0) is 38.5 Å². The van der Waals surface area contributed by atoms with Crippen molar-refractivity contribution in [2.45, 2.75) is 51.2 Å². The second kappa shape index (κ2) is 4.61. The molecule has 1 fully saturated rings. The van der Waals surface area contributed by atoms with Crippen LogP contribution in [0.1, 0.15) is 44.4 Å². The summed E-state index contributed by atoms with van der Waals surface area (Å²) in [5.41, 5.74) is 0.837. The molecule has 1 aliphatic rings. The summed E-state index contributed by atoms with van der Waals surface area (Å²) in [5.74, 6) is 0.668. The second-order valence-electron chi connectivity index (χ2n) is 6.26. The van der Waals surface area contributed by atoms with Gasteiger partial charge in [0.15, 0.2) is 0 Å². The Balaban J connectivity index is 2.00. The van der Waals surface area contributed by atoms with Crippen LogP contribution in [0.15, 0.2) is 28.7 Å². The highest BCUT2D eigenvalue weighted by Gasteiger charge is 2.44. The fourth-order valence-electron chi connectivity index (χ4n) is 3.05. The monoisotopic (exact) mass is 274 g/mol. The first-order valence-corrected chi connectivity index (χ1v) is 7.31. The Hall–Kier alpha value is -1.32. The van der Waals surface area contributed by atoms with Crippen LogP contribution in [0.3, 0.4) is 0 Å². The van der Waals surface area contributed by atoms with Gasteiger partial charge in [0.25, 0.3) is 0 Å². The molecule has 1 aromatic heterocycles. The predicted octanol–water partition coefficient (Wildman–Crippen LogP) is 3.91. The molecule has 3 nitrogen and oxygen atoms in total. The number of fused-ring (bicyclic) bond motifs is 1. The summed E-state index contributed by atoms with van der Waals surface area (Å²) in [5, 5.41) is 12.1. The third-order valence-electron chi connectivity index (χ3n) is 4.51. The lowest BCUT2D eigenvalue weighted by Crippen LogP contribution is -2.45. The molecule has 1 saturated heterocycles. The number of aliphatic hydroxyl groups is 1. The molecule has 20 heavy (non-hydrogen) atoms. The number of hydrogen-bond donors (Lipinski definition) is 1. The van der Waals surface area contributed by atoms with Crippen molar-refractivity contribution in [2.24, 2.45) is 0 Å². The SMILES string of the molecule is CCC1(C)CC(O)(c2cc3cc(C)ccc3o2)CCO1. The summed E-state index contributed by atoms with van der Waals surface area (Å²) in [6.07, 6.45) is 2.05. The number of rotatable bonds is 2. The van der Waals surface area contributed by atoms with E-state index in [0.717, 1.165) is 17.4 Å². The molecule has 2 heterocycles. The van der Waals surface area contributed by atoms with Gasteiger partial charge in [-0.15, -0.1) is 0 Å². The van der Waals surface area contributed by atoms with Crippen LogP contribution in [0.5, 0.6) is 0 Å². The molecule has 0 radical (unpaired) electrons. The lowest BCUT2D eigenvalue weighted by atomic mass is 9.80. The van der Waals surface area contributed by atoms with E-state index in [-0.39, 0.29) is 5.60 Å². The molecule has 0 amide bonds. The lowest BCUT2D eigenvalue weighted by molar-refractivity contribution is -0.163. The Morgan fingerprint density at radius 3 is 2.85 bits per heavy atom. The van der Waals surface area contributed by atoms with Crippen molar-refractivity contribution in [2.75, 3.05) is 6.61 Å². The lowest BCUT2D eigenvalue weighted by Gasteiger charge is -2.42. The average Bonchev–Trinajstić information content (AvgIpc) is 2.82. The Morgan fingerprint density at radius 2 is 2.10 bits per heavy atom. The van der Waals surface area contributed by atoms with Crippen molar-refractivity contribution >= 4 is 11.0 Å². The average molecular weight is 274 g/mol. The molecular formula is C17H22O3. The largest absolute Gasteiger partial charge is 0.458 e. The Bertz CT molecular complexity index is 630. The molecule has 1 aliphatic heterocycles. The van der Waals surface area contributed by atoms with Crippen LogP contribution >= 0.6 is 0 Å². The molecule has 3 heteroatoms. The van der Waals surface area contributed by atoms with E-state index in [9.17, 15) is 5.11 Å². The zero-order valence-corrected chi connectivity index (χ0v) is 12.4. The molecule has 2 aromatic rings. The van der Waals surface area contributed by atoms with Crippen molar-refractivity contribution in [3.63, 3.8) is 0 Å². The fourth-order valence-corrected chi connectivity index (χ4v) is 3.05. The maximum Gasteiger partial charge on any atom is 0.137 e. The summed E-state index contributed by atoms with van der Waals surface area (Å²) in [4.78, 5) is 0. The number of hydrogen-bond acceptors (Lipinski definition) is 3. The van der Waals surface area contributed by atoms with Crippen LogP contribution in [-0.4, -0.2) is 17.3 Å². The fraction of sp³-hybridized carbons (Fsp3) is 0.529. The minimum absolute atomic E-state index is 0.276. The van der Waals surface area contributed by atoms with Crippen molar-refractivity contribution in [1.82, 2.24) is 0 Å². The standard InChI is InChI=1S/C17H22O3/c1-4-16(3)11-17(18,7-8-19-16)15-10-13-9-12(2)5-6-14(13)20-15/h5-6,9-10,18H,4,7-8,11H2,1-3H3. The van der Waals surface area contributed by atoms with E-state index in [1.54, 1.807) is 0 Å².